The molecule has 1 fully saturated rings. The first-order valence-electron chi connectivity index (χ1n) is 4.82. The summed E-state index contributed by atoms with van der Waals surface area (Å²) in [4.78, 5) is 12.6. The van der Waals surface area contributed by atoms with Gasteiger partial charge in [0, 0.05) is 6.54 Å². The van der Waals surface area contributed by atoms with E-state index in [1.165, 1.54) is 0 Å². The van der Waals surface area contributed by atoms with Gasteiger partial charge in [0.25, 0.3) is 0 Å². The van der Waals surface area contributed by atoms with Crippen LogP contribution in [0.5, 0.6) is 0 Å². The minimum Gasteiger partial charge on any atom is -0.480 e. The molecular formula is C9H17NO4. The normalized spacial score (nSPS) is 30.5. The van der Waals surface area contributed by atoms with Crippen molar-refractivity contribution in [2.24, 2.45) is 5.92 Å². The predicted molar refractivity (Wildman–Crippen MR) is 49.9 cm³/mol. The number of aliphatic hydroxyl groups excluding tert-OH is 2. The van der Waals surface area contributed by atoms with E-state index in [0.717, 1.165) is 6.42 Å². The third kappa shape index (κ3) is 2.43. The molecule has 0 saturated carbocycles. The Labute approximate surface area is 83.0 Å². The largest absolute Gasteiger partial charge is 0.480 e. The van der Waals surface area contributed by atoms with E-state index in [1.54, 1.807) is 4.90 Å². The number of likely N-dealkylation sites (tertiary alicyclic amines) is 1. The van der Waals surface area contributed by atoms with Crippen LogP contribution >= 0.6 is 0 Å². The van der Waals surface area contributed by atoms with E-state index in [9.17, 15) is 9.90 Å². The number of β-amino-alcohol motifs (C(OH)–C–C–N with tert-alkyl or cyclic N) is 1. The van der Waals surface area contributed by atoms with Gasteiger partial charge in [-0.3, -0.25) is 9.69 Å². The lowest BCUT2D eigenvalue weighted by Crippen LogP contribution is -2.43. The van der Waals surface area contributed by atoms with Gasteiger partial charge in [0.2, 0.25) is 0 Å². The molecule has 0 bridgehead atoms. The molecule has 0 aromatic carbocycles. The number of hydrogen-bond acceptors (Lipinski definition) is 4. The third-order valence-electron chi connectivity index (χ3n) is 2.71. The Morgan fingerprint density at radius 3 is 2.79 bits per heavy atom. The molecule has 5 nitrogen and oxygen atoms in total. The maximum atomic E-state index is 10.9. The molecule has 0 radical (unpaired) electrons. The molecule has 1 heterocycles. The van der Waals surface area contributed by atoms with Crippen molar-refractivity contribution < 1.29 is 20.1 Å². The number of carbonyl (C=O) groups is 1. The van der Waals surface area contributed by atoms with E-state index in [-0.39, 0.29) is 19.1 Å². The lowest BCUT2D eigenvalue weighted by Gasteiger charge is -2.24. The van der Waals surface area contributed by atoms with Crippen LogP contribution in [0.15, 0.2) is 0 Å². The zero-order chi connectivity index (χ0) is 10.7. The van der Waals surface area contributed by atoms with Gasteiger partial charge in [0.1, 0.15) is 6.04 Å². The second-order valence-electron chi connectivity index (χ2n) is 3.88. The van der Waals surface area contributed by atoms with Gasteiger partial charge in [-0.05, 0) is 18.9 Å². The Balaban J connectivity index is 2.56. The molecule has 5 heteroatoms. The summed E-state index contributed by atoms with van der Waals surface area (Å²) in [6.07, 6.45) is -0.0167. The lowest BCUT2D eigenvalue weighted by atomic mass is 10.0. The van der Waals surface area contributed by atoms with Crippen molar-refractivity contribution in [2.45, 2.75) is 25.5 Å². The first kappa shape index (κ1) is 11.4. The van der Waals surface area contributed by atoms with Crippen LogP contribution in [0.1, 0.15) is 13.3 Å². The molecular weight excluding hydrogens is 186 g/mol. The highest BCUT2D eigenvalue weighted by Crippen LogP contribution is 2.23. The van der Waals surface area contributed by atoms with E-state index in [4.69, 9.17) is 10.2 Å². The predicted octanol–water partition coefficient (Wildman–Crippen LogP) is -0.865. The number of nitrogens with zero attached hydrogens (tertiary/aromatic N) is 1. The summed E-state index contributed by atoms with van der Waals surface area (Å²) in [5, 5.41) is 26.8. The minimum atomic E-state index is -0.847. The summed E-state index contributed by atoms with van der Waals surface area (Å²) in [5.41, 5.74) is 0. The van der Waals surface area contributed by atoms with Crippen LogP contribution in [0.25, 0.3) is 0 Å². The monoisotopic (exact) mass is 203 g/mol. The lowest BCUT2D eigenvalue weighted by molar-refractivity contribution is -0.143. The Kier molecular flexibility index (Phi) is 3.86. The highest BCUT2D eigenvalue weighted by molar-refractivity contribution is 5.74. The van der Waals surface area contributed by atoms with Gasteiger partial charge in [-0.25, -0.2) is 0 Å². The van der Waals surface area contributed by atoms with E-state index in [2.05, 4.69) is 0 Å². The van der Waals surface area contributed by atoms with Gasteiger partial charge >= 0.3 is 5.97 Å². The first-order valence-corrected chi connectivity index (χ1v) is 4.82. The standard InChI is InChI=1S/C9H17NO4/c1-6-2-3-10(4-7(12)5-11)8(6)9(13)14/h6-8,11-12H,2-5H2,1H3,(H,13,14). The molecule has 1 aliphatic heterocycles. The van der Waals surface area contributed by atoms with Crippen LogP contribution in [-0.2, 0) is 4.79 Å². The molecule has 0 spiro atoms. The van der Waals surface area contributed by atoms with E-state index >= 15 is 0 Å². The van der Waals surface area contributed by atoms with Crippen molar-refractivity contribution >= 4 is 5.97 Å². The van der Waals surface area contributed by atoms with Gasteiger partial charge < -0.3 is 15.3 Å². The van der Waals surface area contributed by atoms with Gasteiger partial charge in [-0.1, -0.05) is 6.92 Å². The highest BCUT2D eigenvalue weighted by Gasteiger charge is 2.37. The van der Waals surface area contributed by atoms with Crippen LogP contribution in [0.4, 0.5) is 0 Å². The number of aliphatic carboxylic acids is 1. The summed E-state index contributed by atoms with van der Waals surface area (Å²) < 4.78 is 0. The smallest absolute Gasteiger partial charge is 0.321 e. The number of aliphatic hydroxyl groups is 2. The summed E-state index contributed by atoms with van der Waals surface area (Å²) in [5.74, 6) is -0.737. The molecule has 3 unspecified atom stereocenters. The van der Waals surface area contributed by atoms with Gasteiger partial charge in [0.05, 0.1) is 12.7 Å². The quantitative estimate of drug-likeness (QED) is 0.553. The summed E-state index contributed by atoms with van der Waals surface area (Å²) in [6.45, 7) is 2.48. The number of hydrogen-bond donors (Lipinski definition) is 3. The number of carboxylic acids is 1. The van der Waals surface area contributed by atoms with Crippen molar-refractivity contribution in [1.82, 2.24) is 4.90 Å². The van der Waals surface area contributed by atoms with E-state index < -0.39 is 18.1 Å². The van der Waals surface area contributed by atoms with Gasteiger partial charge in [0.15, 0.2) is 0 Å². The van der Waals surface area contributed by atoms with Gasteiger partial charge in [-0.15, -0.1) is 0 Å². The SMILES string of the molecule is CC1CCN(CC(O)CO)C1C(=O)O. The third-order valence-corrected chi connectivity index (χ3v) is 2.71. The fraction of sp³-hybridized carbons (Fsp3) is 0.889. The fourth-order valence-corrected chi connectivity index (χ4v) is 1.96. The second-order valence-corrected chi connectivity index (χ2v) is 3.88. The average Bonchev–Trinajstić information content (AvgIpc) is 2.46. The number of carboxylic acid groups (broad SMARTS) is 1. The molecule has 0 amide bonds. The van der Waals surface area contributed by atoms with Crippen LogP contribution in [0.3, 0.4) is 0 Å². The Hall–Kier alpha value is -0.650. The molecule has 0 aromatic rings. The maximum Gasteiger partial charge on any atom is 0.321 e. The maximum absolute atomic E-state index is 10.9. The Morgan fingerprint density at radius 1 is 1.64 bits per heavy atom. The van der Waals surface area contributed by atoms with Crippen LogP contribution in [-0.4, -0.2) is 58.0 Å². The summed E-state index contributed by atoms with van der Waals surface area (Å²) in [6, 6.07) is -0.517. The second kappa shape index (κ2) is 4.72. The molecule has 1 aliphatic rings. The molecule has 0 aromatic heterocycles. The van der Waals surface area contributed by atoms with Gasteiger partial charge in [-0.2, -0.15) is 0 Å². The molecule has 82 valence electrons. The fourth-order valence-electron chi connectivity index (χ4n) is 1.96. The molecule has 0 aliphatic carbocycles. The van der Waals surface area contributed by atoms with Crippen molar-refractivity contribution in [3.05, 3.63) is 0 Å². The topological polar surface area (TPSA) is 81.0 Å². The average molecular weight is 203 g/mol. The first-order chi connectivity index (χ1) is 6.56. The Bertz CT molecular complexity index is 209. The van der Waals surface area contributed by atoms with Crippen molar-refractivity contribution in [1.29, 1.82) is 0 Å². The molecule has 14 heavy (non-hydrogen) atoms. The number of rotatable bonds is 4. The van der Waals surface area contributed by atoms with Crippen molar-refractivity contribution in [2.75, 3.05) is 19.7 Å². The van der Waals surface area contributed by atoms with Crippen LogP contribution in [0, 0.1) is 5.92 Å². The van der Waals surface area contributed by atoms with Crippen molar-refractivity contribution in [3.8, 4) is 0 Å². The van der Waals surface area contributed by atoms with Crippen LogP contribution < -0.4 is 0 Å². The molecule has 3 N–H and O–H groups in total. The zero-order valence-electron chi connectivity index (χ0n) is 8.26. The molecule has 1 rings (SSSR count). The van der Waals surface area contributed by atoms with E-state index in [1.807, 2.05) is 6.92 Å². The van der Waals surface area contributed by atoms with Crippen molar-refractivity contribution in [3.63, 3.8) is 0 Å². The van der Waals surface area contributed by atoms with Crippen LogP contribution in [0.2, 0.25) is 0 Å². The zero-order valence-corrected chi connectivity index (χ0v) is 8.26. The molecule has 3 atom stereocenters. The van der Waals surface area contributed by atoms with E-state index in [0.29, 0.717) is 6.54 Å². The minimum absolute atomic E-state index is 0.110. The Morgan fingerprint density at radius 2 is 2.29 bits per heavy atom. The summed E-state index contributed by atoms with van der Waals surface area (Å²) >= 11 is 0. The molecule has 1 saturated heterocycles. The summed E-state index contributed by atoms with van der Waals surface area (Å²) in [7, 11) is 0. The highest BCUT2D eigenvalue weighted by atomic mass is 16.4.